The lowest BCUT2D eigenvalue weighted by Crippen LogP contribution is -2.54. The van der Waals surface area contributed by atoms with Gasteiger partial charge in [0.15, 0.2) is 16.6 Å². The summed E-state index contributed by atoms with van der Waals surface area (Å²) < 4.78 is 19.1. The molecule has 0 aliphatic carbocycles. The number of anilines is 1. The van der Waals surface area contributed by atoms with Crippen LogP contribution in [0.25, 0.3) is 6.08 Å². The predicted octanol–water partition coefficient (Wildman–Crippen LogP) is 3.02. The van der Waals surface area contributed by atoms with E-state index in [9.17, 15) is 19.1 Å². The number of hydrogen-bond acceptors (Lipinski definition) is 5. The third-order valence-corrected chi connectivity index (χ3v) is 4.35. The molecule has 9 heteroatoms. The van der Waals surface area contributed by atoms with Gasteiger partial charge < -0.3 is 9.84 Å². The van der Waals surface area contributed by atoms with E-state index in [1.54, 1.807) is 6.07 Å². The highest BCUT2D eigenvalue weighted by Gasteiger charge is 2.35. The first-order valence-corrected chi connectivity index (χ1v) is 8.34. The van der Waals surface area contributed by atoms with E-state index in [0.717, 1.165) is 4.90 Å². The number of thiocarbonyl (C=S) groups is 1. The van der Waals surface area contributed by atoms with Crippen molar-refractivity contribution in [3.63, 3.8) is 0 Å². The minimum Gasteiger partial charge on any atom is -0.503 e. The Kier molecular flexibility index (Phi) is 5.11. The van der Waals surface area contributed by atoms with Gasteiger partial charge in [0.2, 0.25) is 0 Å². The fourth-order valence-corrected chi connectivity index (χ4v) is 3.00. The summed E-state index contributed by atoms with van der Waals surface area (Å²) in [5.74, 6) is -2.40. The van der Waals surface area contributed by atoms with Crippen LogP contribution in [0.2, 0.25) is 5.02 Å². The number of aromatic hydroxyl groups is 1. The van der Waals surface area contributed by atoms with Gasteiger partial charge in [-0.25, -0.2) is 9.29 Å². The number of halogens is 2. The molecular formula is C18H12ClFN2O4S. The molecule has 0 atom stereocenters. The second-order valence-electron chi connectivity index (χ2n) is 5.46. The van der Waals surface area contributed by atoms with Crippen LogP contribution in [-0.4, -0.2) is 29.1 Å². The molecule has 138 valence electrons. The molecule has 0 radical (unpaired) electrons. The SMILES string of the molecule is COc1cc(/C=C2\C(=O)NC(=S)N(c3ccccc3F)C2=O)cc(Cl)c1O. The molecule has 2 N–H and O–H groups in total. The summed E-state index contributed by atoms with van der Waals surface area (Å²) in [6.07, 6.45) is 1.25. The molecule has 1 aliphatic heterocycles. The molecule has 1 heterocycles. The van der Waals surface area contributed by atoms with Gasteiger partial charge in [-0.15, -0.1) is 0 Å². The van der Waals surface area contributed by atoms with Crippen LogP contribution >= 0.6 is 23.8 Å². The van der Waals surface area contributed by atoms with Crippen molar-refractivity contribution in [2.75, 3.05) is 12.0 Å². The summed E-state index contributed by atoms with van der Waals surface area (Å²) >= 11 is 11.0. The average molecular weight is 407 g/mol. The number of para-hydroxylation sites is 1. The standard InChI is InChI=1S/C18H12ClFN2O4S/c1-26-14-8-9(7-11(19)15(14)23)6-10-16(24)21-18(27)22(17(10)25)13-5-3-2-4-12(13)20/h2-8,23H,1H3,(H,21,24,27)/b10-6+. The van der Waals surface area contributed by atoms with E-state index >= 15 is 0 Å². The van der Waals surface area contributed by atoms with E-state index in [-0.39, 0.29) is 32.9 Å². The van der Waals surface area contributed by atoms with Crippen molar-refractivity contribution in [1.82, 2.24) is 5.32 Å². The number of nitrogens with one attached hydrogen (secondary N) is 1. The molecule has 6 nitrogen and oxygen atoms in total. The number of methoxy groups -OCH3 is 1. The van der Waals surface area contributed by atoms with Crippen molar-refractivity contribution < 1.29 is 23.8 Å². The predicted molar refractivity (Wildman–Crippen MR) is 102 cm³/mol. The number of benzene rings is 2. The zero-order valence-corrected chi connectivity index (χ0v) is 15.4. The maximum absolute atomic E-state index is 14.1. The van der Waals surface area contributed by atoms with Gasteiger partial charge in [0.1, 0.15) is 11.4 Å². The largest absolute Gasteiger partial charge is 0.503 e. The average Bonchev–Trinajstić information content (AvgIpc) is 2.62. The Morgan fingerprint density at radius 1 is 1.30 bits per heavy atom. The maximum Gasteiger partial charge on any atom is 0.270 e. The second kappa shape index (κ2) is 7.34. The highest BCUT2D eigenvalue weighted by atomic mass is 35.5. The monoisotopic (exact) mass is 406 g/mol. The fraction of sp³-hybridized carbons (Fsp3) is 0.0556. The van der Waals surface area contributed by atoms with E-state index in [2.05, 4.69) is 5.32 Å². The Balaban J connectivity index is 2.08. The second-order valence-corrected chi connectivity index (χ2v) is 6.26. The fourth-order valence-electron chi connectivity index (χ4n) is 2.51. The Hall–Kier alpha value is -2.97. The summed E-state index contributed by atoms with van der Waals surface area (Å²) in [7, 11) is 1.33. The van der Waals surface area contributed by atoms with Gasteiger partial charge in [-0.3, -0.25) is 14.9 Å². The summed E-state index contributed by atoms with van der Waals surface area (Å²) in [6, 6.07) is 8.31. The minimum absolute atomic E-state index is 0.0219. The number of phenolic OH excluding ortho intramolecular Hbond substituents is 1. The van der Waals surface area contributed by atoms with Gasteiger partial charge in [0, 0.05) is 0 Å². The van der Waals surface area contributed by atoms with E-state index in [1.165, 1.54) is 43.5 Å². The molecule has 0 unspecified atom stereocenters. The van der Waals surface area contributed by atoms with Crippen LogP contribution in [0.5, 0.6) is 11.5 Å². The van der Waals surface area contributed by atoms with E-state index in [4.69, 9.17) is 28.6 Å². The normalized spacial score (nSPS) is 15.9. The van der Waals surface area contributed by atoms with Crippen molar-refractivity contribution in [3.05, 3.63) is 58.4 Å². The van der Waals surface area contributed by atoms with Crippen molar-refractivity contribution in [1.29, 1.82) is 0 Å². The molecule has 0 saturated carbocycles. The van der Waals surface area contributed by atoms with Crippen molar-refractivity contribution in [3.8, 4) is 11.5 Å². The highest BCUT2D eigenvalue weighted by Crippen LogP contribution is 2.36. The summed E-state index contributed by atoms with van der Waals surface area (Å²) in [5.41, 5.74) is -0.0372. The van der Waals surface area contributed by atoms with Crippen molar-refractivity contribution in [2.24, 2.45) is 0 Å². The van der Waals surface area contributed by atoms with Crippen LogP contribution in [-0.2, 0) is 9.59 Å². The molecular weight excluding hydrogens is 395 g/mol. The summed E-state index contributed by atoms with van der Waals surface area (Å²) in [5, 5.41) is 11.9. The van der Waals surface area contributed by atoms with Gasteiger partial charge >= 0.3 is 0 Å². The Morgan fingerprint density at radius 3 is 2.67 bits per heavy atom. The molecule has 3 rings (SSSR count). The van der Waals surface area contributed by atoms with Crippen LogP contribution in [0, 0.1) is 5.82 Å². The van der Waals surface area contributed by atoms with Gasteiger partial charge in [-0.1, -0.05) is 23.7 Å². The molecule has 2 amide bonds. The van der Waals surface area contributed by atoms with Crippen molar-refractivity contribution >= 4 is 52.5 Å². The maximum atomic E-state index is 14.1. The molecule has 2 aromatic rings. The first-order valence-electron chi connectivity index (χ1n) is 7.56. The molecule has 27 heavy (non-hydrogen) atoms. The van der Waals surface area contributed by atoms with Gasteiger partial charge in [-0.05, 0) is 48.1 Å². The van der Waals surface area contributed by atoms with Crippen LogP contribution in [0.3, 0.4) is 0 Å². The quantitative estimate of drug-likeness (QED) is 0.465. The molecule has 0 bridgehead atoms. The lowest BCUT2D eigenvalue weighted by molar-refractivity contribution is -0.122. The number of ether oxygens (including phenoxy) is 1. The third-order valence-electron chi connectivity index (χ3n) is 3.78. The first-order chi connectivity index (χ1) is 12.8. The van der Waals surface area contributed by atoms with E-state index in [1.807, 2.05) is 0 Å². The summed E-state index contributed by atoms with van der Waals surface area (Å²) in [4.78, 5) is 26.0. The van der Waals surface area contributed by atoms with Gasteiger partial charge in [-0.2, -0.15) is 0 Å². The van der Waals surface area contributed by atoms with Gasteiger partial charge in [0.25, 0.3) is 11.8 Å². The smallest absolute Gasteiger partial charge is 0.270 e. The van der Waals surface area contributed by atoms with Crippen LogP contribution in [0.4, 0.5) is 10.1 Å². The Labute approximate surface area is 163 Å². The summed E-state index contributed by atoms with van der Waals surface area (Å²) in [6.45, 7) is 0. The highest BCUT2D eigenvalue weighted by molar-refractivity contribution is 7.80. The molecule has 2 aromatic carbocycles. The number of carbonyl (C=O) groups excluding carboxylic acids is 2. The number of rotatable bonds is 3. The van der Waals surface area contributed by atoms with Crippen LogP contribution in [0.1, 0.15) is 5.56 Å². The number of amides is 2. The molecule has 1 fully saturated rings. The zero-order valence-electron chi connectivity index (χ0n) is 13.8. The third kappa shape index (κ3) is 3.49. The van der Waals surface area contributed by atoms with Crippen molar-refractivity contribution in [2.45, 2.75) is 0 Å². The lowest BCUT2D eigenvalue weighted by Gasteiger charge is -2.29. The minimum atomic E-state index is -0.794. The lowest BCUT2D eigenvalue weighted by atomic mass is 10.1. The van der Waals surface area contributed by atoms with E-state index in [0.29, 0.717) is 5.56 Å². The topological polar surface area (TPSA) is 78.9 Å². The zero-order chi connectivity index (χ0) is 19.7. The Morgan fingerprint density at radius 2 is 2.00 bits per heavy atom. The molecule has 1 aliphatic rings. The molecule has 0 spiro atoms. The molecule has 0 aromatic heterocycles. The van der Waals surface area contributed by atoms with E-state index < -0.39 is 17.6 Å². The van der Waals surface area contributed by atoms with Crippen LogP contribution in [0.15, 0.2) is 42.0 Å². The number of phenols is 1. The number of nitrogens with zero attached hydrogens (tertiary/aromatic N) is 1. The number of carbonyl (C=O) groups is 2. The Bertz CT molecular complexity index is 1010. The molecule has 1 saturated heterocycles. The first kappa shape index (κ1) is 18.8. The van der Waals surface area contributed by atoms with Crippen LogP contribution < -0.4 is 15.0 Å². The van der Waals surface area contributed by atoms with Gasteiger partial charge in [0.05, 0.1) is 17.8 Å². The number of hydrogen-bond donors (Lipinski definition) is 2.